The van der Waals surface area contributed by atoms with Crippen LogP contribution in [0.2, 0.25) is 0 Å². The van der Waals surface area contributed by atoms with Crippen molar-refractivity contribution >= 4 is 32.4 Å². The first kappa shape index (κ1) is 19.6. The van der Waals surface area contributed by atoms with Gasteiger partial charge in [0.15, 0.2) is 0 Å². The predicted octanol–water partition coefficient (Wildman–Crippen LogP) is 4.58. The van der Waals surface area contributed by atoms with E-state index in [-0.39, 0.29) is 10.8 Å². The van der Waals surface area contributed by atoms with Crippen LogP contribution in [0.3, 0.4) is 0 Å². The third kappa shape index (κ3) is 4.04. The number of nitrogens with one attached hydrogen (secondary N) is 1. The summed E-state index contributed by atoms with van der Waals surface area (Å²) in [5, 5.41) is 4.93. The average Bonchev–Trinajstić information content (AvgIpc) is 2.75. The van der Waals surface area contributed by atoms with Crippen LogP contribution in [0.15, 0.2) is 65.6 Å². The molecular formula is C23H24N2O3S. The van der Waals surface area contributed by atoms with Crippen LogP contribution >= 0.6 is 0 Å². The van der Waals surface area contributed by atoms with Crippen LogP contribution in [-0.2, 0) is 10.0 Å². The number of carbonyl (C=O) groups is 1. The molecule has 1 amide bonds. The molecule has 1 fully saturated rings. The van der Waals surface area contributed by atoms with Crippen LogP contribution in [-0.4, -0.2) is 31.7 Å². The van der Waals surface area contributed by atoms with Gasteiger partial charge in [0.25, 0.3) is 5.91 Å². The molecule has 0 aromatic heterocycles. The van der Waals surface area contributed by atoms with E-state index in [1.165, 1.54) is 4.31 Å². The number of benzene rings is 3. The molecular weight excluding hydrogens is 384 g/mol. The Morgan fingerprint density at radius 3 is 2.38 bits per heavy atom. The molecule has 4 rings (SSSR count). The van der Waals surface area contributed by atoms with E-state index in [0.717, 1.165) is 35.6 Å². The van der Waals surface area contributed by atoms with Crippen LogP contribution in [0.5, 0.6) is 0 Å². The van der Waals surface area contributed by atoms with Gasteiger partial charge in [-0.3, -0.25) is 4.79 Å². The van der Waals surface area contributed by atoms with Crippen molar-refractivity contribution in [3.8, 4) is 0 Å². The monoisotopic (exact) mass is 408 g/mol. The highest BCUT2D eigenvalue weighted by Crippen LogP contribution is 2.26. The number of hydrogen-bond acceptors (Lipinski definition) is 3. The number of nitrogens with zero attached hydrogens (tertiary/aromatic N) is 1. The van der Waals surface area contributed by atoms with Gasteiger partial charge in [-0.2, -0.15) is 4.31 Å². The molecule has 1 heterocycles. The Morgan fingerprint density at radius 1 is 0.897 bits per heavy atom. The van der Waals surface area contributed by atoms with Gasteiger partial charge in [0.1, 0.15) is 0 Å². The van der Waals surface area contributed by atoms with Crippen molar-refractivity contribution in [1.82, 2.24) is 4.31 Å². The molecule has 1 N–H and O–H groups in total. The summed E-state index contributed by atoms with van der Waals surface area (Å²) in [5.74, 6) is -0.258. The topological polar surface area (TPSA) is 66.5 Å². The second-order valence-corrected chi connectivity index (χ2v) is 9.40. The zero-order chi connectivity index (χ0) is 20.4. The Kier molecular flexibility index (Phi) is 5.39. The van der Waals surface area contributed by atoms with Crippen molar-refractivity contribution in [2.24, 2.45) is 0 Å². The van der Waals surface area contributed by atoms with Gasteiger partial charge in [0.05, 0.1) is 4.90 Å². The lowest BCUT2D eigenvalue weighted by Gasteiger charge is -2.26. The van der Waals surface area contributed by atoms with Crippen molar-refractivity contribution in [2.45, 2.75) is 31.1 Å². The largest absolute Gasteiger partial charge is 0.322 e. The number of hydrogen-bond donors (Lipinski definition) is 1. The van der Waals surface area contributed by atoms with Gasteiger partial charge >= 0.3 is 0 Å². The number of amides is 1. The third-order valence-corrected chi connectivity index (χ3v) is 7.32. The summed E-state index contributed by atoms with van der Waals surface area (Å²) < 4.78 is 27.5. The maximum Gasteiger partial charge on any atom is 0.255 e. The summed E-state index contributed by atoms with van der Waals surface area (Å²) in [6.45, 7) is 2.96. The van der Waals surface area contributed by atoms with E-state index in [1.54, 1.807) is 24.3 Å². The Labute approximate surface area is 171 Å². The molecule has 3 aromatic carbocycles. The first-order valence-corrected chi connectivity index (χ1v) is 11.3. The van der Waals surface area contributed by atoms with Gasteiger partial charge in [0, 0.05) is 24.3 Å². The Balaban J connectivity index is 1.61. The van der Waals surface area contributed by atoms with Gasteiger partial charge in [-0.15, -0.1) is 0 Å². The number of fused-ring (bicyclic) bond motifs is 1. The fourth-order valence-corrected chi connectivity index (χ4v) is 5.22. The van der Waals surface area contributed by atoms with Gasteiger partial charge < -0.3 is 5.32 Å². The lowest BCUT2D eigenvalue weighted by molar-refractivity contribution is 0.102. The molecule has 0 aliphatic carbocycles. The highest BCUT2D eigenvalue weighted by molar-refractivity contribution is 7.89. The summed E-state index contributed by atoms with van der Waals surface area (Å²) in [7, 11) is -3.55. The van der Waals surface area contributed by atoms with Crippen molar-refractivity contribution in [3.05, 3.63) is 71.8 Å². The molecule has 0 saturated carbocycles. The summed E-state index contributed by atoms with van der Waals surface area (Å²) >= 11 is 0. The van der Waals surface area contributed by atoms with Crippen molar-refractivity contribution in [1.29, 1.82) is 0 Å². The highest BCUT2D eigenvalue weighted by atomic mass is 32.2. The maximum absolute atomic E-state index is 13.0. The maximum atomic E-state index is 13.0. The zero-order valence-electron chi connectivity index (χ0n) is 16.4. The minimum atomic E-state index is -3.55. The van der Waals surface area contributed by atoms with Crippen molar-refractivity contribution < 1.29 is 13.2 Å². The number of carbonyl (C=O) groups excluding carboxylic acids is 1. The standard InChI is InChI=1S/C23H24N2O3S/c1-17-9-12-21(29(27,28)25-13-5-2-6-14-25)16-22(17)24-23(26)20-11-10-18-7-3-4-8-19(18)15-20/h3-4,7-12,15-16H,2,5-6,13-14H2,1H3,(H,24,26). The highest BCUT2D eigenvalue weighted by Gasteiger charge is 2.26. The fourth-order valence-electron chi connectivity index (χ4n) is 3.68. The van der Waals surface area contributed by atoms with Gasteiger partial charge in [0.2, 0.25) is 10.0 Å². The number of sulfonamides is 1. The quantitative estimate of drug-likeness (QED) is 0.687. The van der Waals surface area contributed by atoms with E-state index >= 15 is 0 Å². The Morgan fingerprint density at radius 2 is 1.62 bits per heavy atom. The van der Waals surface area contributed by atoms with Crippen LogP contribution in [0, 0.1) is 6.92 Å². The first-order valence-electron chi connectivity index (χ1n) is 9.86. The molecule has 150 valence electrons. The lowest BCUT2D eigenvalue weighted by atomic mass is 10.1. The summed E-state index contributed by atoms with van der Waals surface area (Å²) in [6.07, 6.45) is 2.83. The summed E-state index contributed by atoms with van der Waals surface area (Å²) in [5.41, 5.74) is 1.87. The molecule has 5 nitrogen and oxygen atoms in total. The Hall–Kier alpha value is -2.70. The van der Waals surface area contributed by atoms with Crippen molar-refractivity contribution in [2.75, 3.05) is 18.4 Å². The van der Waals surface area contributed by atoms with E-state index < -0.39 is 10.0 Å². The van der Waals surface area contributed by atoms with Gasteiger partial charge in [-0.05, 0) is 60.4 Å². The average molecular weight is 409 g/mol. The molecule has 0 radical (unpaired) electrons. The van der Waals surface area contributed by atoms with Gasteiger partial charge in [-0.1, -0.05) is 42.8 Å². The first-order chi connectivity index (χ1) is 13.9. The van der Waals surface area contributed by atoms with Crippen LogP contribution in [0.1, 0.15) is 35.2 Å². The SMILES string of the molecule is Cc1ccc(S(=O)(=O)N2CCCCC2)cc1NC(=O)c1ccc2ccccc2c1. The number of rotatable bonds is 4. The lowest BCUT2D eigenvalue weighted by Crippen LogP contribution is -2.35. The molecule has 0 bridgehead atoms. The minimum Gasteiger partial charge on any atom is -0.322 e. The third-order valence-electron chi connectivity index (χ3n) is 5.42. The smallest absolute Gasteiger partial charge is 0.255 e. The number of aryl methyl sites for hydroxylation is 1. The van der Waals surface area contributed by atoms with E-state index in [9.17, 15) is 13.2 Å². The summed E-state index contributed by atoms with van der Waals surface area (Å²) in [6, 6.07) is 18.3. The van der Waals surface area contributed by atoms with Crippen LogP contribution < -0.4 is 5.32 Å². The van der Waals surface area contributed by atoms with Crippen molar-refractivity contribution in [3.63, 3.8) is 0 Å². The van der Waals surface area contributed by atoms with E-state index in [4.69, 9.17) is 0 Å². The molecule has 0 unspecified atom stereocenters. The molecule has 6 heteroatoms. The number of piperidine rings is 1. The van der Waals surface area contributed by atoms with E-state index in [2.05, 4.69) is 5.32 Å². The minimum absolute atomic E-state index is 0.221. The second kappa shape index (κ2) is 7.97. The van der Waals surface area contributed by atoms with Crippen LogP contribution in [0.4, 0.5) is 5.69 Å². The fraction of sp³-hybridized carbons (Fsp3) is 0.261. The van der Waals surface area contributed by atoms with E-state index in [1.807, 2.05) is 43.3 Å². The molecule has 0 atom stereocenters. The second-order valence-electron chi connectivity index (χ2n) is 7.46. The Bertz CT molecular complexity index is 1170. The zero-order valence-corrected chi connectivity index (χ0v) is 17.2. The molecule has 1 aliphatic heterocycles. The summed E-state index contributed by atoms with van der Waals surface area (Å²) in [4.78, 5) is 13.0. The van der Waals surface area contributed by atoms with Gasteiger partial charge in [-0.25, -0.2) is 8.42 Å². The molecule has 1 saturated heterocycles. The normalized spacial score (nSPS) is 15.3. The number of anilines is 1. The molecule has 0 spiro atoms. The van der Waals surface area contributed by atoms with E-state index in [0.29, 0.717) is 24.3 Å². The molecule has 3 aromatic rings. The van der Waals surface area contributed by atoms with Crippen LogP contribution in [0.25, 0.3) is 10.8 Å². The molecule has 1 aliphatic rings. The molecule has 29 heavy (non-hydrogen) atoms. The predicted molar refractivity (Wildman–Crippen MR) is 116 cm³/mol.